The van der Waals surface area contributed by atoms with Gasteiger partial charge in [-0.15, -0.1) is 0 Å². The van der Waals surface area contributed by atoms with Crippen LogP contribution in [0.4, 0.5) is 10.5 Å². The number of H-pyrrole nitrogens is 1. The van der Waals surface area contributed by atoms with E-state index in [0.717, 1.165) is 53.8 Å². The van der Waals surface area contributed by atoms with Gasteiger partial charge in [0.05, 0.1) is 17.6 Å². The average Bonchev–Trinajstić information content (AvgIpc) is 3.33. The second-order valence-electron chi connectivity index (χ2n) is 9.17. The number of hydrogen-bond donors (Lipinski definition) is 1. The highest BCUT2D eigenvalue weighted by Gasteiger charge is 2.31. The highest BCUT2D eigenvalue weighted by atomic mass is 16.6. The van der Waals surface area contributed by atoms with Gasteiger partial charge >= 0.3 is 6.09 Å². The molecule has 1 aliphatic rings. The fourth-order valence-electron chi connectivity index (χ4n) is 4.38. The molecule has 0 bridgehead atoms. The Bertz CT molecular complexity index is 1060. The average molecular weight is 425 g/mol. The van der Waals surface area contributed by atoms with Gasteiger partial charge in [0.25, 0.3) is 0 Å². The molecule has 1 aliphatic heterocycles. The number of anilines is 1. The summed E-state index contributed by atoms with van der Waals surface area (Å²) in [6.07, 6.45) is 9.48. The minimum Gasteiger partial charge on any atom is -0.444 e. The van der Waals surface area contributed by atoms with Crippen LogP contribution in [-0.2, 0) is 11.8 Å². The van der Waals surface area contributed by atoms with Crippen molar-refractivity contribution >= 4 is 22.8 Å². The lowest BCUT2D eigenvalue weighted by molar-refractivity contribution is 0.0159. The van der Waals surface area contributed by atoms with Crippen molar-refractivity contribution in [3.8, 4) is 11.1 Å². The van der Waals surface area contributed by atoms with E-state index >= 15 is 0 Å². The third kappa shape index (κ3) is 4.38. The minimum absolute atomic E-state index is 0.109. The van der Waals surface area contributed by atoms with E-state index in [2.05, 4.69) is 26.0 Å². The SMILES string of the molecule is CCN(C(=O)OC(C)(C)C)[C@H]1CCCN(c2ccnc3[nH]cc(-c4cnn(C)c4)c23)C1. The van der Waals surface area contributed by atoms with E-state index < -0.39 is 5.60 Å². The number of fused-ring (bicyclic) bond motifs is 1. The summed E-state index contributed by atoms with van der Waals surface area (Å²) in [4.78, 5) is 24.9. The first kappa shape index (κ1) is 21.2. The molecule has 3 aromatic rings. The van der Waals surface area contributed by atoms with E-state index in [9.17, 15) is 4.79 Å². The molecule has 4 rings (SSSR count). The van der Waals surface area contributed by atoms with E-state index in [-0.39, 0.29) is 12.1 Å². The summed E-state index contributed by atoms with van der Waals surface area (Å²) in [6.45, 7) is 10.1. The second kappa shape index (κ2) is 8.24. The van der Waals surface area contributed by atoms with Crippen molar-refractivity contribution < 1.29 is 9.53 Å². The number of likely N-dealkylation sites (N-methyl/N-ethyl adjacent to an activating group) is 1. The topological polar surface area (TPSA) is 79.3 Å². The van der Waals surface area contributed by atoms with Crippen LogP contribution >= 0.6 is 0 Å². The van der Waals surface area contributed by atoms with Crippen LogP contribution in [0, 0.1) is 0 Å². The van der Waals surface area contributed by atoms with Crippen molar-refractivity contribution in [2.45, 2.75) is 52.2 Å². The zero-order valence-electron chi connectivity index (χ0n) is 19.1. The Labute approximate surface area is 183 Å². The van der Waals surface area contributed by atoms with Gasteiger partial charge in [0, 0.05) is 62.1 Å². The standard InChI is InChI=1S/C23H32N6O2/c1-6-29(22(30)31-23(2,3)4)17-8-7-11-28(15-17)19-9-10-24-21-20(19)18(13-25-21)16-12-26-27(5)14-16/h9-10,12-14,17H,6-8,11,15H2,1-5H3,(H,24,25)/t17-/m0/s1. The molecular formula is C23H32N6O2. The lowest BCUT2D eigenvalue weighted by atomic mass is 10.0. The summed E-state index contributed by atoms with van der Waals surface area (Å²) >= 11 is 0. The molecule has 3 aromatic heterocycles. The number of pyridine rings is 1. The zero-order chi connectivity index (χ0) is 22.2. The molecule has 0 radical (unpaired) electrons. The highest BCUT2D eigenvalue weighted by Crippen LogP contribution is 2.36. The molecule has 0 saturated carbocycles. The predicted molar refractivity (Wildman–Crippen MR) is 122 cm³/mol. The highest BCUT2D eigenvalue weighted by molar-refractivity contribution is 6.02. The minimum atomic E-state index is -0.500. The predicted octanol–water partition coefficient (Wildman–Crippen LogP) is 4.19. The van der Waals surface area contributed by atoms with Gasteiger partial charge in [0.15, 0.2) is 0 Å². The van der Waals surface area contributed by atoms with Gasteiger partial charge in [-0.1, -0.05) is 0 Å². The van der Waals surface area contributed by atoms with Crippen molar-refractivity contribution in [2.75, 3.05) is 24.5 Å². The van der Waals surface area contributed by atoms with Crippen LogP contribution in [0.5, 0.6) is 0 Å². The van der Waals surface area contributed by atoms with Crippen LogP contribution < -0.4 is 4.90 Å². The first-order valence-electron chi connectivity index (χ1n) is 11.0. The Hall–Kier alpha value is -3.03. The molecule has 166 valence electrons. The number of aromatic amines is 1. The van der Waals surface area contributed by atoms with E-state index in [1.165, 1.54) is 0 Å². The van der Waals surface area contributed by atoms with Gasteiger partial charge in [-0.25, -0.2) is 9.78 Å². The molecule has 8 nitrogen and oxygen atoms in total. The maximum Gasteiger partial charge on any atom is 0.410 e. The molecule has 8 heteroatoms. The normalized spacial score (nSPS) is 17.2. The quantitative estimate of drug-likeness (QED) is 0.679. The Morgan fingerprint density at radius 1 is 1.39 bits per heavy atom. The third-order valence-corrected chi connectivity index (χ3v) is 5.71. The van der Waals surface area contributed by atoms with Crippen molar-refractivity contribution in [2.24, 2.45) is 7.05 Å². The summed E-state index contributed by atoms with van der Waals surface area (Å²) in [7, 11) is 1.92. The number of hydrogen-bond acceptors (Lipinski definition) is 5. The van der Waals surface area contributed by atoms with Crippen LogP contribution in [0.3, 0.4) is 0 Å². The molecule has 0 aliphatic carbocycles. The molecule has 1 amide bonds. The number of nitrogens with zero attached hydrogens (tertiary/aromatic N) is 5. The van der Waals surface area contributed by atoms with Crippen molar-refractivity contribution in [1.29, 1.82) is 0 Å². The summed E-state index contributed by atoms with van der Waals surface area (Å²) < 4.78 is 7.47. The molecular weight excluding hydrogens is 392 g/mol. The third-order valence-electron chi connectivity index (χ3n) is 5.71. The van der Waals surface area contributed by atoms with Crippen LogP contribution in [0.1, 0.15) is 40.5 Å². The molecule has 0 aromatic carbocycles. The van der Waals surface area contributed by atoms with Gasteiger partial charge in [-0.05, 0) is 46.6 Å². The second-order valence-corrected chi connectivity index (χ2v) is 9.17. The number of aromatic nitrogens is 4. The van der Waals surface area contributed by atoms with Crippen LogP contribution in [0.2, 0.25) is 0 Å². The number of aryl methyl sites for hydroxylation is 1. The fraction of sp³-hybridized carbons (Fsp3) is 0.522. The molecule has 1 fully saturated rings. The van der Waals surface area contributed by atoms with Crippen LogP contribution in [0.25, 0.3) is 22.2 Å². The Balaban J connectivity index is 1.64. The largest absolute Gasteiger partial charge is 0.444 e. The van der Waals surface area contributed by atoms with E-state index in [1.54, 1.807) is 4.68 Å². The summed E-state index contributed by atoms with van der Waals surface area (Å²) in [5.74, 6) is 0. The number of rotatable bonds is 4. The van der Waals surface area contributed by atoms with Gasteiger partial charge in [-0.2, -0.15) is 5.10 Å². The number of ether oxygens (including phenoxy) is 1. The Morgan fingerprint density at radius 3 is 2.87 bits per heavy atom. The lowest BCUT2D eigenvalue weighted by Gasteiger charge is -2.40. The van der Waals surface area contributed by atoms with E-state index in [4.69, 9.17) is 4.74 Å². The van der Waals surface area contributed by atoms with Crippen molar-refractivity contribution in [3.63, 3.8) is 0 Å². The summed E-state index contributed by atoms with van der Waals surface area (Å²) in [5, 5.41) is 5.42. The number of amides is 1. The maximum atomic E-state index is 12.8. The molecule has 0 unspecified atom stereocenters. The molecule has 1 atom stereocenters. The Morgan fingerprint density at radius 2 is 2.19 bits per heavy atom. The maximum absolute atomic E-state index is 12.8. The fourth-order valence-corrected chi connectivity index (χ4v) is 4.38. The monoisotopic (exact) mass is 424 g/mol. The summed E-state index contributed by atoms with van der Waals surface area (Å²) in [6, 6.07) is 2.18. The number of piperidine rings is 1. The lowest BCUT2D eigenvalue weighted by Crippen LogP contribution is -2.51. The van der Waals surface area contributed by atoms with Crippen LogP contribution in [0.15, 0.2) is 30.9 Å². The molecule has 31 heavy (non-hydrogen) atoms. The summed E-state index contributed by atoms with van der Waals surface area (Å²) in [5.41, 5.74) is 3.64. The molecule has 4 heterocycles. The zero-order valence-corrected chi connectivity index (χ0v) is 19.1. The first-order valence-corrected chi connectivity index (χ1v) is 11.0. The number of carbonyl (C=O) groups excluding carboxylic acids is 1. The molecule has 1 N–H and O–H groups in total. The Kier molecular flexibility index (Phi) is 5.64. The molecule has 1 saturated heterocycles. The molecule has 0 spiro atoms. The van der Waals surface area contributed by atoms with Crippen LogP contribution in [-0.4, -0.2) is 62.0 Å². The van der Waals surface area contributed by atoms with Gasteiger partial charge in [0.1, 0.15) is 11.2 Å². The number of carbonyl (C=O) groups is 1. The first-order chi connectivity index (χ1) is 14.8. The smallest absolute Gasteiger partial charge is 0.410 e. The van der Waals surface area contributed by atoms with Gasteiger partial charge < -0.3 is 19.5 Å². The van der Waals surface area contributed by atoms with Crippen molar-refractivity contribution in [1.82, 2.24) is 24.6 Å². The van der Waals surface area contributed by atoms with Gasteiger partial charge in [0.2, 0.25) is 0 Å². The van der Waals surface area contributed by atoms with Crippen molar-refractivity contribution in [3.05, 3.63) is 30.9 Å². The van der Waals surface area contributed by atoms with E-state index in [1.807, 2.05) is 64.4 Å². The van der Waals surface area contributed by atoms with Gasteiger partial charge in [-0.3, -0.25) is 4.68 Å². The van der Waals surface area contributed by atoms with E-state index in [0.29, 0.717) is 6.54 Å². The number of nitrogens with one attached hydrogen (secondary N) is 1.